The van der Waals surface area contributed by atoms with Gasteiger partial charge in [0.05, 0.1) is 0 Å². The maximum Gasteiger partial charge on any atom is 0.342 e. The zero-order valence-corrected chi connectivity index (χ0v) is 16.2. The van der Waals surface area contributed by atoms with Gasteiger partial charge >= 0.3 is 5.97 Å². The lowest BCUT2D eigenvalue weighted by atomic mass is 10.1. The normalized spacial score (nSPS) is 11.0. The molecule has 6 nitrogen and oxygen atoms in total. The van der Waals surface area contributed by atoms with Crippen molar-refractivity contribution in [3.05, 3.63) is 57.2 Å². The van der Waals surface area contributed by atoms with Gasteiger partial charge in [-0.1, -0.05) is 0 Å². The molecule has 0 aliphatic rings. The molecule has 3 rings (SSSR count). The number of hydrogen-bond acceptors (Lipinski definition) is 6. The Kier molecular flexibility index (Phi) is 4.82. The van der Waals surface area contributed by atoms with Gasteiger partial charge in [-0.2, -0.15) is 0 Å². The molecule has 0 unspecified atom stereocenters. The summed E-state index contributed by atoms with van der Waals surface area (Å²) in [7, 11) is 0. The Bertz CT molecular complexity index is 980. The van der Waals surface area contributed by atoms with Crippen LogP contribution >= 0.6 is 11.3 Å². The van der Waals surface area contributed by atoms with Crippen LogP contribution in [0.15, 0.2) is 22.1 Å². The minimum absolute atomic E-state index is 0.246. The maximum atomic E-state index is 12.6. The van der Waals surface area contributed by atoms with E-state index in [9.17, 15) is 9.59 Å². The Morgan fingerprint density at radius 3 is 2.50 bits per heavy atom. The zero-order chi connectivity index (χ0) is 19.0. The molecular weight excluding hydrogens is 352 g/mol. The average Bonchev–Trinajstić information content (AvgIpc) is 3.26. The van der Waals surface area contributed by atoms with Crippen molar-refractivity contribution < 1.29 is 18.7 Å². The lowest BCUT2D eigenvalue weighted by molar-refractivity contribution is 0.0472. The predicted octanol–water partition coefficient (Wildman–Crippen LogP) is 4.11. The molecule has 7 heteroatoms. The molecule has 0 aliphatic heterocycles. The highest BCUT2D eigenvalue weighted by Gasteiger charge is 2.23. The van der Waals surface area contributed by atoms with Crippen LogP contribution in [-0.4, -0.2) is 27.9 Å². The van der Waals surface area contributed by atoms with Crippen LogP contribution in [0.3, 0.4) is 0 Å². The highest BCUT2D eigenvalue weighted by molar-refractivity contribution is 7.12. The van der Waals surface area contributed by atoms with Crippen LogP contribution in [0.2, 0.25) is 0 Å². The number of ketones is 1. The Morgan fingerprint density at radius 2 is 1.92 bits per heavy atom. The smallest absolute Gasteiger partial charge is 0.342 e. The van der Waals surface area contributed by atoms with Crippen molar-refractivity contribution in [1.82, 2.24) is 9.55 Å². The number of rotatable bonds is 5. The van der Waals surface area contributed by atoms with Gasteiger partial charge in [-0.3, -0.25) is 9.36 Å². The van der Waals surface area contributed by atoms with E-state index in [4.69, 9.17) is 9.15 Å². The zero-order valence-electron chi connectivity index (χ0n) is 15.4. The molecule has 0 fully saturated rings. The summed E-state index contributed by atoms with van der Waals surface area (Å²) < 4.78 is 12.6. The van der Waals surface area contributed by atoms with Crippen LogP contribution in [0.5, 0.6) is 0 Å². The summed E-state index contributed by atoms with van der Waals surface area (Å²) in [5.74, 6) is 0.385. The summed E-state index contributed by atoms with van der Waals surface area (Å²) in [5, 5.41) is 2.69. The first kappa shape index (κ1) is 18.1. The third-order valence-electron chi connectivity index (χ3n) is 4.44. The van der Waals surface area contributed by atoms with Gasteiger partial charge in [-0.25, -0.2) is 9.78 Å². The van der Waals surface area contributed by atoms with Gasteiger partial charge in [-0.05, 0) is 40.7 Å². The minimum Gasteiger partial charge on any atom is -0.465 e. The number of nitrogens with zero attached hydrogens (tertiary/aromatic N) is 2. The van der Waals surface area contributed by atoms with Gasteiger partial charge in [0, 0.05) is 34.1 Å². The molecule has 0 bridgehead atoms. The standard InChI is InChI=1S/C19H20N2O4S/c1-10-8-15(12(3)21(10)19-20-6-7-26-19)16(22)9-24-18(23)17-11(2)13(4)25-14(17)5/h6-8H,9H2,1-5H3. The molecule has 3 aromatic rings. The molecule has 136 valence electrons. The SMILES string of the molecule is Cc1oc(C)c(C(=O)OCC(=O)c2cc(C)n(-c3nccs3)c2C)c1C. The minimum atomic E-state index is -0.543. The quantitative estimate of drug-likeness (QED) is 0.498. The lowest BCUT2D eigenvalue weighted by Gasteiger charge is -2.06. The fourth-order valence-corrected chi connectivity index (χ4v) is 3.79. The van der Waals surface area contributed by atoms with Crippen LogP contribution in [0, 0.1) is 34.6 Å². The molecule has 0 spiro atoms. The molecular formula is C19H20N2O4S. The van der Waals surface area contributed by atoms with Gasteiger partial charge in [0.15, 0.2) is 11.7 Å². The summed E-state index contributed by atoms with van der Waals surface area (Å²) in [5.41, 5.74) is 3.35. The molecule has 0 saturated heterocycles. The number of carbonyl (C=O) groups excluding carboxylic acids is 2. The molecule has 0 atom stereocenters. The van der Waals surface area contributed by atoms with E-state index in [-0.39, 0.29) is 12.4 Å². The van der Waals surface area contributed by atoms with E-state index in [2.05, 4.69) is 4.98 Å². The first-order valence-electron chi connectivity index (χ1n) is 8.17. The summed E-state index contributed by atoms with van der Waals surface area (Å²) in [4.78, 5) is 29.2. The van der Waals surface area contributed by atoms with Crippen LogP contribution in [0.25, 0.3) is 5.13 Å². The largest absolute Gasteiger partial charge is 0.465 e. The molecule has 3 heterocycles. The molecule has 0 saturated carbocycles. The van der Waals surface area contributed by atoms with Crippen molar-refractivity contribution >= 4 is 23.1 Å². The number of Topliss-reactive ketones (excluding diaryl/α,β-unsaturated/α-hetero) is 1. The van der Waals surface area contributed by atoms with Gasteiger partial charge in [0.2, 0.25) is 5.78 Å². The molecule has 0 aliphatic carbocycles. The van der Waals surface area contributed by atoms with E-state index >= 15 is 0 Å². The van der Waals surface area contributed by atoms with Gasteiger partial charge in [0.25, 0.3) is 0 Å². The number of aromatic nitrogens is 2. The number of aryl methyl sites for hydroxylation is 3. The predicted molar refractivity (Wildman–Crippen MR) is 98.4 cm³/mol. The van der Waals surface area contributed by atoms with E-state index in [1.54, 1.807) is 33.0 Å². The molecule has 26 heavy (non-hydrogen) atoms. The van der Waals surface area contributed by atoms with Crippen molar-refractivity contribution in [3.63, 3.8) is 0 Å². The Labute approximate surface area is 155 Å². The molecule has 3 aromatic heterocycles. The second kappa shape index (κ2) is 6.92. The molecule has 0 radical (unpaired) electrons. The Hall–Kier alpha value is -2.67. The summed E-state index contributed by atoms with van der Waals surface area (Å²) in [6.07, 6.45) is 1.72. The second-order valence-electron chi connectivity index (χ2n) is 6.15. The highest BCUT2D eigenvalue weighted by Crippen LogP contribution is 2.24. The fraction of sp³-hybridized carbons (Fsp3) is 0.316. The van der Waals surface area contributed by atoms with E-state index in [1.165, 1.54) is 11.3 Å². The van der Waals surface area contributed by atoms with Gasteiger partial charge < -0.3 is 9.15 Å². The van der Waals surface area contributed by atoms with Crippen molar-refractivity contribution in [2.45, 2.75) is 34.6 Å². The molecule has 0 amide bonds. The van der Waals surface area contributed by atoms with E-state index in [0.717, 1.165) is 22.1 Å². The summed E-state index contributed by atoms with van der Waals surface area (Å²) in [6.45, 7) is 8.75. The van der Waals surface area contributed by atoms with E-state index in [1.807, 2.05) is 23.8 Å². The van der Waals surface area contributed by atoms with Crippen LogP contribution in [0.4, 0.5) is 0 Å². The fourth-order valence-electron chi connectivity index (χ4n) is 3.04. The summed E-state index contributed by atoms with van der Waals surface area (Å²) >= 11 is 1.50. The maximum absolute atomic E-state index is 12.6. The van der Waals surface area contributed by atoms with Crippen LogP contribution in [0.1, 0.15) is 49.2 Å². The lowest BCUT2D eigenvalue weighted by Crippen LogP contribution is -2.16. The van der Waals surface area contributed by atoms with Gasteiger partial charge in [-0.15, -0.1) is 11.3 Å². The van der Waals surface area contributed by atoms with Crippen LogP contribution < -0.4 is 0 Å². The highest BCUT2D eigenvalue weighted by atomic mass is 32.1. The third-order valence-corrected chi connectivity index (χ3v) is 5.20. The average molecular weight is 372 g/mol. The van der Waals surface area contributed by atoms with Crippen molar-refractivity contribution in [1.29, 1.82) is 0 Å². The van der Waals surface area contributed by atoms with Gasteiger partial charge in [0.1, 0.15) is 17.1 Å². The number of carbonyl (C=O) groups is 2. The van der Waals surface area contributed by atoms with Crippen molar-refractivity contribution in [3.8, 4) is 5.13 Å². The monoisotopic (exact) mass is 372 g/mol. The first-order valence-corrected chi connectivity index (χ1v) is 9.05. The molecule has 0 N–H and O–H groups in total. The number of ether oxygens (including phenoxy) is 1. The van der Waals surface area contributed by atoms with Crippen molar-refractivity contribution in [2.75, 3.05) is 6.61 Å². The topological polar surface area (TPSA) is 74.3 Å². The van der Waals surface area contributed by atoms with Crippen molar-refractivity contribution in [2.24, 2.45) is 0 Å². The number of esters is 1. The second-order valence-corrected chi connectivity index (χ2v) is 7.02. The number of thiazole rings is 1. The van der Waals surface area contributed by atoms with E-state index < -0.39 is 5.97 Å². The Balaban J connectivity index is 1.77. The van der Waals surface area contributed by atoms with Crippen LogP contribution in [-0.2, 0) is 4.74 Å². The number of hydrogen-bond donors (Lipinski definition) is 0. The Morgan fingerprint density at radius 1 is 1.19 bits per heavy atom. The first-order chi connectivity index (χ1) is 12.3. The van der Waals surface area contributed by atoms with E-state index in [0.29, 0.717) is 22.6 Å². The molecule has 0 aromatic carbocycles. The third kappa shape index (κ3) is 3.10. The summed E-state index contributed by atoms with van der Waals surface area (Å²) in [6, 6.07) is 1.80. The number of furan rings is 1.